The van der Waals surface area contributed by atoms with Gasteiger partial charge in [-0.15, -0.1) is 0 Å². The Morgan fingerprint density at radius 2 is 2.00 bits per heavy atom. The number of nitrogens with zero attached hydrogens (tertiary/aromatic N) is 5. The maximum absolute atomic E-state index is 13.6. The molecule has 0 aliphatic carbocycles. The molecule has 0 spiro atoms. The van der Waals surface area contributed by atoms with Crippen LogP contribution >= 0.6 is 11.6 Å². The van der Waals surface area contributed by atoms with Crippen LogP contribution in [0.5, 0.6) is 0 Å². The summed E-state index contributed by atoms with van der Waals surface area (Å²) in [4.78, 5) is 28.5. The molecule has 1 amide bonds. The molecule has 4 rings (SSSR count). The van der Waals surface area contributed by atoms with Gasteiger partial charge < -0.3 is 14.7 Å². The van der Waals surface area contributed by atoms with E-state index in [0.29, 0.717) is 30.6 Å². The van der Waals surface area contributed by atoms with Gasteiger partial charge in [-0.05, 0) is 44.6 Å². The van der Waals surface area contributed by atoms with Crippen molar-refractivity contribution in [3.8, 4) is 0 Å². The van der Waals surface area contributed by atoms with E-state index in [4.69, 9.17) is 11.6 Å². The molecule has 6 nitrogen and oxygen atoms in total. The molecule has 148 valence electrons. The van der Waals surface area contributed by atoms with Gasteiger partial charge in [0.15, 0.2) is 0 Å². The molecule has 2 saturated heterocycles. The van der Waals surface area contributed by atoms with Crippen molar-refractivity contribution in [1.29, 1.82) is 0 Å². The summed E-state index contributed by atoms with van der Waals surface area (Å²) in [7, 11) is 4.17. The van der Waals surface area contributed by atoms with Crippen LogP contribution in [0.3, 0.4) is 0 Å². The van der Waals surface area contributed by atoms with E-state index in [1.807, 2.05) is 24.3 Å². The number of hydrogen-bond donors (Lipinski definition) is 0. The normalized spacial score (nSPS) is 21.1. The molecule has 0 radical (unpaired) electrons. The molecule has 1 unspecified atom stereocenters. The number of likely N-dealkylation sites (tertiary alicyclic amines) is 1. The Bertz CT molecular complexity index is 820. The summed E-state index contributed by atoms with van der Waals surface area (Å²) in [6.07, 6.45) is 6.86. The molecule has 28 heavy (non-hydrogen) atoms. The van der Waals surface area contributed by atoms with Crippen molar-refractivity contribution < 1.29 is 4.79 Å². The van der Waals surface area contributed by atoms with Gasteiger partial charge in [0.05, 0.1) is 11.6 Å². The van der Waals surface area contributed by atoms with E-state index in [1.54, 1.807) is 18.6 Å². The van der Waals surface area contributed by atoms with Gasteiger partial charge in [-0.3, -0.25) is 9.78 Å². The van der Waals surface area contributed by atoms with Gasteiger partial charge in [0.25, 0.3) is 0 Å². The Kier molecular flexibility index (Phi) is 5.25. The fourth-order valence-electron chi connectivity index (χ4n) is 4.30. The van der Waals surface area contributed by atoms with Gasteiger partial charge >= 0.3 is 0 Å². The summed E-state index contributed by atoms with van der Waals surface area (Å²) in [5.41, 5.74) is 0.715. The van der Waals surface area contributed by atoms with E-state index >= 15 is 0 Å². The van der Waals surface area contributed by atoms with Crippen LogP contribution < -0.4 is 4.90 Å². The van der Waals surface area contributed by atoms with Crippen LogP contribution in [0.2, 0.25) is 5.02 Å². The maximum Gasteiger partial charge on any atom is 0.232 e. The first-order valence-electron chi connectivity index (χ1n) is 9.68. The summed E-state index contributed by atoms with van der Waals surface area (Å²) in [6, 6.07) is 8.27. The Hall–Kier alpha value is -2.18. The number of anilines is 1. The van der Waals surface area contributed by atoms with Crippen LogP contribution in [0.25, 0.3) is 0 Å². The molecule has 2 aromatic rings. The van der Waals surface area contributed by atoms with Crippen molar-refractivity contribution in [2.75, 3.05) is 45.2 Å². The first kappa shape index (κ1) is 19.2. The fourth-order valence-corrected chi connectivity index (χ4v) is 4.43. The second kappa shape index (κ2) is 7.68. The van der Waals surface area contributed by atoms with Crippen molar-refractivity contribution in [1.82, 2.24) is 19.8 Å². The zero-order valence-corrected chi connectivity index (χ0v) is 17.1. The largest absolute Gasteiger partial charge is 0.353 e. The molecule has 1 aromatic heterocycles. The molecule has 1 atom stereocenters. The molecule has 0 saturated carbocycles. The average Bonchev–Trinajstić information content (AvgIpc) is 3.16. The smallest absolute Gasteiger partial charge is 0.232 e. The van der Waals surface area contributed by atoms with Gasteiger partial charge in [0.2, 0.25) is 5.91 Å². The van der Waals surface area contributed by atoms with Crippen LogP contribution in [-0.4, -0.2) is 72.0 Å². The first-order valence-corrected chi connectivity index (χ1v) is 10.1. The second-order valence-electron chi connectivity index (χ2n) is 8.16. The SMILES string of the molecule is CN(C)C1CCN(C(=O)C2(Cc3ccc(Cl)cc3)CN(c3cnccn3)C2)C1. The summed E-state index contributed by atoms with van der Waals surface area (Å²) in [6.45, 7) is 2.96. The fraction of sp³-hybridized carbons (Fsp3) is 0.476. The Morgan fingerprint density at radius 3 is 2.61 bits per heavy atom. The minimum absolute atomic E-state index is 0.256. The maximum atomic E-state index is 13.6. The zero-order valence-electron chi connectivity index (χ0n) is 16.4. The highest BCUT2D eigenvalue weighted by atomic mass is 35.5. The standard InChI is InChI=1S/C21H26ClN5O/c1-25(2)18-7-10-26(13-18)20(28)21(11-16-3-5-17(22)6-4-16)14-27(15-21)19-12-23-8-9-24-19/h3-6,8-9,12,18H,7,10-11,13-15H2,1-2H3. The summed E-state index contributed by atoms with van der Waals surface area (Å²) in [5.74, 6) is 1.08. The molecule has 2 aliphatic rings. The number of aromatic nitrogens is 2. The summed E-state index contributed by atoms with van der Waals surface area (Å²) < 4.78 is 0. The van der Waals surface area contributed by atoms with Crippen molar-refractivity contribution in [3.05, 3.63) is 53.4 Å². The first-order chi connectivity index (χ1) is 13.5. The average molecular weight is 400 g/mol. The molecule has 1 aromatic carbocycles. The van der Waals surface area contributed by atoms with Gasteiger partial charge in [-0.25, -0.2) is 4.98 Å². The van der Waals surface area contributed by atoms with Gasteiger partial charge in [0, 0.05) is 49.6 Å². The Morgan fingerprint density at radius 1 is 1.25 bits per heavy atom. The van der Waals surface area contributed by atoms with E-state index in [0.717, 1.165) is 30.9 Å². The van der Waals surface area contributed by atoms with E-state index < -0.39 is 5.41 Å². The van der Waals surface area contributed by atoms with Crippen LogP contribution in [-0.2, 0) is 11.2 Å². The number of halogens is 1. The molecular formula is C21H26ClN5O. The lowest BCUT2D eigenvalue weighted by molar-refractivity contribution is -0.143. The zero-order chi connectivity index (χ0) is 19.7. The lowest BCUT2D eigenvalue weighted by atomic mass is 9.73. The van der Waals surface area contributed by atoms with Gasteiger partial charge in [-0.2, -0.15) is 0 Å². The van der Waals surface area contributed by atoms with Crippen molar-refractivity contribution in [2.24, 2.45) is 5.41 Å². The summed E-state index contributed by atoms with van der Waals surface area (Å²) >= 11 is 6.04. The predicted molar refractivity (Wildman–Crippen MR) is 111 cm³/mol. The predicted octanol–water partition coefficient (Wildman–Crippen LogP) is 2.34. The Labute approximate surface area is 171 Å². The van der Waals surface area contributed by atoms with E-state index in [2.05, 4.69) is 38.8 Å². The number of amides is 1. The molecule has 0 bridgehead atoms. The third-order valence-electron chi connectivity index (χ3n) is 5.95. The highest BCUT2D eigenvalue weighted by Crippen LogP contribution is 2.39. The number of carbonyl (C=O) groups excluding carboxylic acids is 1. The number of rotatable bonds is 5. The van der Waals surface area contributed by atoms with Crippen molar-refractivity contribution >= 4 is 23.3 Å². The third-order valence-corrected chi connectivity index (χ3v) is 6.20. The summed E-state index contributed by atoms with van der Waals surface area (Å²) in [5, 5.41) is 0.715. The lowest BCUT2D eigenvalue weighted by Crippen LogP contribution is -2.65. The highest BCUT2D eigenvalue weighted by molar-refractivity contribution is 6.30. The quantitative estimate of drug-likeness (QED) is 0.772. The van der Waals surface area contributed by atoms with E-state index in [9.17, 15) is 4.79 Å². The third kappa shape index (κ3) is 3.71. The molecule has 3 heterocycles. The number of carbonyl (C=O) groups is 1. The number of likely N-dealkylation sites (N-methyl/N-ethyl adjacent to an activating group) is 1. The monoisotopic (exact) mass is 399 g/mol. The highest BCUT2D eigenvalue weighted by Gasteiger charge is 2.52. The van der Waals surface area contributed by atoms with Crippen LogP contribution in [0.4, 0.5) is 5.82 Å². The Balaban J connectivity index is 1.54. The second-order valence-corrected chi connectivity index (χ2v) is 8.60. The molecule has 2 aliphatic heterocycles. The van der Waals surface area contributed by atoms with Crippen molar-refractivity contribution in [2.45, 2.75) is 18.9 Å². The minimum Gasteiger partial charge on any atom is -0.353 e. The van der Waals surface area contributed by atoms with Crippen LogP contribution in [0.1, 0.15) is 12.0 Å². The van der Waals surface area contributed by atoms with Crippen LogP contribution in [0, 0.1) is 5.41 Å². The minimum atomic E-state index is -0.424. The molecule has 7 heteroatoms. The van der Waals surface area contributed by atoms with Gasteiger partial charge in [0.1, 0.15) is 5.82 Å². The lowest BCUT2D eigenvalue weighted by Gasteiger charge is -2.50. The number of hydrogen-bond acceptors (Lipinski definition) is 5. The van der Waals surface area contributed by atoms with Gasteiger partial charge in [-0.1, -0.05) is 23.7 Å². The van der Waals surface area contributed by atoms with E-state index in [-0.39, 0.29) is 5.91 Å². The number of benzene rings is 1. The topological polar surface area (TPSA) is 52.6 Å². The van der Waals surface area contributed by atoms with E-state index in [1.165, 1.54) is 0 Å². The molecular weight excluding hydrogens is 374 g/mol. The van der Waals surface area contributed by atoms with Crippen molar-refractivity contribution in [3.63, 3.8) is 0 Å². The molecule has 2 fully saturated rings. The molecule has 0 N–H and O–H groups in total. The van der Waals surface area contributed by atoms with Crippen LogP contribution in [0.15, 0.2) is 42.9 Å².